The molecule has 1 aliphatic carbocycles. The molecule has 0 bridgehead atoms. The molecule has 1 saturated carbocycles. The summed E-state index contributed by atoms with van der Waals surface area (Å²) >= 11 is 0. The van der Waals surface area contributed by atoms with Gasteiger partial charge in [0, 0.05) is 24.2 Å². The summed E-state index contributed by atoms with van der Waals surface area (Å²) in [6, 6.07) is 2.35. The van der Waals surface area contributed by atoms with Crippen LogP contribution in [0, 0.1) is 5.92 Å². The van der Waals surface area contributed by atoms with Crippen LogP contribution in [0.15, 0.2) is 0 Å². The normalized spacial score (nSPS) is 33.0. The highest BCUT2D eigenvalue weighted by molar-refractivity contribution is 4.90. The minimum absolute atomic E-state index is 0.406. The fourth-order valence-electron chi connectivity index (χ4n) is 3.16. The second kappa shape index (κ2) is 5.31. The minimum atomic E-state index is 0.406. The summed E-state index contributed by atoms with van der Waals surface area (Å²) < 4.78 is 0. The van der Waals surface area contributed by atoms with Crippen LogP contribution in [0.3, 0.4) is 0 Å². The first kappa shape index (κ1) is 13.0. The largest absolute Gasteiger partial charge is 0.327 e. The van der Waals surface area contributed by atoms with Crippen molar-refractivity contribution in [2.75, 3.05) is 0 Å². The fraction of sp³-hybridized carbons (Fsp3) is 1.00. The van der Waals surface area contributed by atoms with Gasteiger partial charge in [-0.2, -0.15) is 0 Å². The molecule has 0 heterocycles. The quantitative estimate of drug-likeness (QED) is 0.779. The second-order valence-electron chi connectivity index (χ2n) is 5.66. The summed E-state index contributed by atoms with van der Waals surface area (Å²) in [5.41, 5.74) is 6.18. The lowest BCUT2D eigenvalue weighted by molar-refractivity contribution is 0.0458. The smallest absolute Gasteiger partial charge is 0.0141 e. The lowest BCUT2D eigenvalue weighted by Crippen LogP contribution is -2.53. The van der Waals surface area contributed by atoms with Crippen LogP contribution in [-0.4, -0.2) is 29.1 Å². The monoisotopic (exact) mass is 212 g/mol. The van der Waals surface area contributed by atoms with Gasteiger partial charge in [-0.25, -0.2) is 0 Å². The minimum Gasteiger partial charge on any atom is -0.327 e. The average molecular weight is 212 g/mol. The summed E-state index contributed by atoms with van der Waals surface area (Å²) in [4.78, 5) is 2.64. The number of nitrogens with two attached hydrogens (primary N) is 1. The zero-order valence-corrected chi connectivity index (χ0v) is 11.0. The first-order valence-corrected chi connectivity index (χ1v) is 6.48. The Kier molecular flexibility index (Phi) is 4.60. The highest BCUT2D eigenvalue weighted by atomic mass is 15.2. The van der Waals surface area contributed by atoms with Gasteiger partial charge in [0.2, 0.25) is 0 Å². The molecule has 2 heteroatoms. The van der Waals surface area contributed by atoms with Crippen molar-refractivity contribution in [2.45, 2.75) is 78.0 Å². The van der Waals surface area contributed by atoms with Crippen LogP contribution in [0.1, 0.15) is 53.9 Å². The van der Waals surface area contributed by atoms with Crippen molar-refractivity contribution in [1.82, 2.24) is 4.90 Å². The molecule has 1 rings (SSSR count). The Balaban J connectivity index is 2.73. The van der Waals surface area contributed by atoms with Gasteiger partial charge in [0.25, 0.3) is 0 Å². The van der Waals surface area contributed by atoms with E-state index >= 15 is 0 Å². The van der Waals surface area contributed by atoms with Crippen molar-refractivity contribution in [3.05, 3.63) is 0 Å². The van der Waals surface area contributed by atoms with Gasteiger partial charge in [-0.05, 0) is 46.5 Å². The van der Waals surface area contributed by atoms with Gasteiger partial charge < -0.3 is 5.73 Å². The van der Waals surface area contributed by atoms with Gasteiger partial charge in [0.1, 0.15) is 0 Å². The third-order valence-electron chi connectivity index (χ3n) is 3.90. The van der Waals surface area contributed by atoms with Crippen LogP contribution in [0.4, 0.5) is 0 Å². The molecule has 90 valence electrons. The van der Waals surface area contributed by atoms with E-state index in [1.807, 2.05) is 0 Å². The van der Waals surface area contributed by atoms with Crippen LogP contribution in [0.25, 0.3) is 0 Å². The predicted octanol–water partition coefficient (Wildman–Crippen LogP) is 2.62. The van der Waals surface area contributed by atoms with Crippen LogP contribution >= 0.6 is 0 Å². The lowest BCUT2D eigenvalue weighted by Gasteiger charge is -2.45. The molecule has 3 atom stereocenters. The van der Waals surface area contributed by atoms with E-state index in [1.165, 1.54) is 19.3 Å². The molecule has 1 aliphatic rings. The highest BCUT2D eigenvalue weighted by Crippen LogP contribution is 2.29. The van der Waals surface area contributed by atoms with Gasteiger partial charge in [-0.1, -0.05) is 13.3 Å². The Hall–Kier alpha value is -0.0800. The summed E-state index contributed by atoms with van der Waals surface area (Å²) in [6.07, 6.45) is 3.83. The first-order chi connectivity index (χ1) is 6.95. The standard InChI is InChI=1S/C13H28N2/c1-9(2)15(10(3)4)13-8-6-7-12(14)11(13)5/h9-13H,6-8,14H2,1-5H3. The summed E-state index contributed by atoms with van der Waals surface area (Å²) in [5, 5.41) is 0. The SMILES string of the molecule is CC1C(N)CCCC1N(C(C)C)C(C)C. The molecule has 3 unspecified atom stereocenters. The fourth-order valence-corrected chi connectivity index (χ4v) is 3.16. The van der Waals surface area contributed by atoms with Crippen molar-refractivity contribution < 1.29 is 0 Å². The number of rotatable bonds is 3. The van der Waals surface area contributed by atoms with Crippen molar-refractivity contribution >= 4 is 0 Å². The van der Waals surface area contributed by atoms with Gasteiger partial charge in [-0.3, -0.25) is 4.90 Å². The number of hydrogen-bond acceptors (Lipinski definition) is 2. The van der Waals surface area contributed by atoms with E-state index in [2.05, 4.69) is 39.5 Å². The zero-order valence-electron chi connectivity index (χ0n) is 11.0. The summed E-state index contributed by atoms with van der Waals surface area (Å²) in [5.74, 6) is 0.642. The van der Waals surface area contributed by atoms with Gasteiger partial charge in [-0.15, -0.1) is 0 Å². The highest BCUT2D eigenvalue weighted by Gasteiger charge is 2.33. The molecular weight excluding hydrogens is 184 g/mol. The van der Waals surface area contributed by atoms with Crippen molar-refractivity contribution in [3.8, 4) is 0 Å². The molecule has 1 fully saturated rings. The molecular formula is C13H28N2. The molecule has 0 aromatic carbocycles. The summed E-state index contributed by atoms with van der Waals surface area (Å²) in [6.45, 7) is 11.5. The Morgan fingerprint density at radius 3 is 2.07 bits per heavy atom. The van der Waals surface area contributed by atoms with E-state index in [9.17, 15) is 0 Å². The van der Waals surface area contributed by atoms with Gasteiger partial charge in [0.15, 0.2) is 0 Å². The van der Waals surface area contributed by atoms with Crippen molar-refractivity contribution in [2.24, 2.45) is 11.7 Å². The van der Waals surface area contributed by atoms with E-state index in [0.717, 1.165) is 0 Å². The van der Waals surface area contributed by atoms with E-state index < -0.39 is 0 Å². The van der Waals surface area contributed by atoms with E-state index in [1.54, 1.807) is 0 Å². The number of hydrogen-bond donors (Lipinski definition) is 1. The Bertz CT molecular complexity index is 181. The molecule has 0 amide bonds. The number of nitrogens with zero attached hydrogens (tertiary/aromatic N) is 1. The molecule has 0 aliphatic heterocycles. The molecule has 15 heavy (non-hydrogen) atoms. The predicted molar refractivity (Wildman–Crippen MR) is 66.9 cm³/mol. The van der Waals surface area contributed by atoms with Crippen LogP contribution in [-0.2, 0) is 0 Å². The summed E-state index contributed by atoms with van der Waals surface area (Å²) in [7, 11) is 0. The molecule has 0 saturated heterocycles. The third-order valence-corrected chi connectivity index (χ3v) is 3.90. The molecule has 0 spiro atoms. The molecule has 0 aromatic heterocycles. The Labute approximate surface area is 95.2 Å². The maximum atomic E-state index is 6.18. The van der Waals surface area contributed by atoms with Crippen LogP contribution in [0.5, 0.6) is 0 Å². The van der Waals surface area contributed by atoms with E-state index in [0.29, 0.717) is 30.1 Å². The maximum absolute atomic E-state index is 6.18. The maximum Gasteiger partial charge on any atom is 0.0141 e. The zero-order chi connectivity index (χ0) is 11.6. The third kappa shape index (κ3) is 2.94. The van der Waals surface area contributed by atoms with Crippen LogP contribution < -0.4 is 5.73 Å². The topological polar surface area (TPSA) is 29.3 Å². The molecule has 2 N–H and O–H groups in total. The lowest BCUT2D eigenvalue weighted by atomic mass is 9.80. The first-order valence-electron chi connectivity index (χ1n) is 6.48. The molecule has 0 radical (unpaired) electrons. The molecule has 0 aromatic rings. The van der Waals surface area contributed by atoms with Crippen LogP contribution in [0.2, 0.25) is 0 Å². The Morgan fingerprint density at radius 1 is 1.07 bits per heavy atom. The van der Waals surface area contributed by atoms with Crippen molar-refractivity contribution in [3.63, 3.8) is 0 Å². The van der Waals surface area contributed by atoms with E-state index in [4.69, 9.17) is 5.73 Å². The Morgan fingerprint density at radius 2 is 1.60 bits per heavy atom. The molecule has 2 nitrogen and oxygen atoms in total. The van der Waals surface area contributed by atoms with Gasteiger partial charge in [0.05, 0.1) is 0 Å². The van der Waals surface area contributed by atoms with Gasteiger partial charge >= 0.3 is 0 Å². The average Bonchev–Trinajstić information content (AvgIpc) is 2.11. The van der Waals surface area contributed by atoms with E-state index in [-0.39, 0.29) is 0 Å². The van der Waals surface area contributed by atoms with Crippen molar-refractivity contribution in [1.29, 1.82) is 0 Å². The second-order valence-corrected chi connectivity index (χ2v) is 5.66.